The lowest BCUT2D eigenvalue weighted by atomic mass is 10.1. The van der Waals surface area contributed by atoms with Crippen molar-refractivity contribution >= 4 is 23.1 Å². The molecule has 1 heterocycles. The molecule has 0 saturated carbocycles. The first-order chi connectivity index (χ1) is 14.6. The van der Waals surface area contributed by atoms with Crippen LogP contribution in [-0.4, -0.2) is 15.9 Å². The first-order valence-corrected chi connectivity index (χ1v) is 9.72. The molecule has 30 heavy (non-hydrogen) atoms. The van der Waals surface area contributed by atoms with Crippen LogP contribution in [0.4, 0.5) is 17.2 Å². The van der Waals surface area contributed by atoms with E-state index in [-0.39, 0.29) is 5.91 Å². The van der Waals surface area contributed by atoms with Crippen LogP contribution >= 0.6 is 0 Å². The summed E-state index contributed by atoms with van der Waals surface area (Å²) in [4.78, 5) is 21.4. The minimum Gasteiger partial charge on any atom is -0.340 e. The molecule has 1 amide bonds. The van der Waals surface area contributed by atoms with Crippen molar-refractivity contribution in [3.63, 3.8) is 0 Å². The minimum absolute atomic E-state index is 0.144. The van der Waals surface area contributed by atoms with Gasteiger partial charge in [0.1, 0.15) is 5.82 Å². The molecule has 0 bridgehead atoms. The van der Waals surface area contributed by atoms with E-state index in [0.717, 1.165) is 22.5 Å². The van der Waals surface area contributed by atoms with Crippen molar-refractivity contribution in [1.29, 1.82) is 0 Å². The summed E-state index contributed by atoms with van der Waals surface area (Å²) in [5.74, 6) is 1.21. The summed E-state index contributed by atoms with van der Waals surface area (Å²) in [6, 6.07) is 24.9. The maximum Gasteiger partial charge on any atom is 0.255 e. The van der Waals surface area contributed by atoms with E-state index >= 15 is 0 Å². The number of carbonyl (C=O) groups is 1. The fourth-order valence-electron chi connectivity index (χ4n) is 2.96. The molecule has 4 aromatic rings. The maximum atomic E-state index is 12.4. The Labute approximate surface area is 175 Å². The van der Waals surface area contributed by atoms with Crippen molar-refractivity contribution < 1.29 is 4.79 Å². The van der Waals surface area contributed by atoms with Crippen LogP contribution in [0.3, 0.4) is 0 Å². The van der Waals surface area contributed by atoms with Gasteiger partial charge < -0.3 is 10.6 Å². The monoisotopic (exact) mass is 394 g/mol. The summed E-state index contributed by atoms with van der Waals surface area (Å²) < 4.78 is 0. The van der Waals surface area contributed by atoms with E-state index in [9.17, 15) is 4.79 Å². The number of rotatable bonds is 5. The summed E-state index contributed by atoms with van der Waals surface area (Å²) >= 11 is 0. The van der Waals surface area contributed by atoms with E-state index in [0.29, 0.717) is 17.2 Å². The molecule has 0 spiro atoms. The van der Waals surface area contributed by atoms with E-state index < -0.39 is 0 Å². The highest BCUT2D eigenvalue weighted by atomic mass is 16.1. The first-order valence-electron chi connectivity index (χ1n) is 9.72. The summed E-state index contributed by atoms with van der Waals surface area (Å²) in [5.41, 5.74) is 5.52. The van der Waals surface area contributed by atoms with Crippen LogP contribution < -0.4 is 10.6 Å². The molecule has 5 nitrogen and oxygen atoms in total. The molecule has 5 heteroatoms. The topological polar surface area (TPSA) is 66.9 Å². The molecule has 0 aliphatic carbocycles. The second kappa shape index (κ2) is 8.57. The molecule has 0 fully saturated rings. The Morgan fingerprint density at radius 1 is 0.733 bits per heavy atom. The Kier molecular flexibility index (Phi) is 5.52. The smallest absolute Gasteiger partial charge is 0.255 e. The SMILES string of the molecule is Cc1ccc(NC(=O)c2ccc(Nc3ccnc(-c4ccc(C)cc4)n3)cc2)cc1. The van der Waals surface area contributed by atoms with Gasteiger partial charge in [-0.1, -0.05) is 47.5 Å². The zero-order valence-electron chi connectivity index (χ0n) is 16.9. The van der Waals surface area contributed by atoms with Crippen LogP contribution in [0.15, 0.2) is 85.1 Å². The van der Waals surface area contributed by atoms with Gasteiger partial charge in [-0.05, 0) is 56.3 Å². The number of nitrogens with one attached hydrogen (secondary N) is 2. The normalized spacial score (nSPS) is 10.5. The van der Waals surface area contributed by atoms with Crippen LogP contribution in [0.1, 0.15) is 21.5 Å². The summed E-state index contributed by atoms with van der Waals surface area (Å²) in [7, 11) is 0. The van der Waals surface area contributed by atoms with Gasteiger partial charge in [-0.3, -0.25) is 4.79 Å². The van der Waals surface area contributed by atoms with Gasteiger partial charge in [0, 0.05) is 28.7 Å². The molecule has 1 aromatic heterocycles. The number of anilines is 3. The Hall–Kier alpha value is -3.99. The van der Waals surface area contributed by atoms with E-state index in [4.69, 9.17) is 0 Å². The van der Waals surface area contributed by atoms with Gasteiger partial charge in [-0.2, -0.15) is 0 Å². The van der Waals surface area contributed by atoms with E-state index in [1.807, 2.05) is 80.6 Å². The molecule has 148 valence electrons. The highest BCUT2D eigenvalue weighted by Gasteiger charge is 2.07. The highest BCUT2D eigenvalue weighted by Crippen LogP contribution is 2.20. The fourth-order valence-corrected chi connectivity index (χ4v) is 2.96. The number of aryl methyl sites for hydroxylation is 2. The third-order valence-electron chi connectivity index (χ3n) is 4.69. The Morgan fingerprint density at radius 2 is 1.33 bits per heavy atom. The predicted molar refractivity (Wildman–Crippen MR) is 121 cm³/mol. The second-order valence-electron chi connectivity index (χ2n) is 7.15. The minimum atomic E-state index is -0.144. The van der Waals surface area contributed by atoms with Crippen molar-refractivity contribution in [3.05, 3.63) is 102 Å². The predicted octanol–water partition coefficient (Wildman–Crippen LogP) is 5.76. The molecule has 0 unspecified atom stereocenters. The van der Waals surface area contributed by atoms with Crippen LogP contribution in [0.5, 0.6) is 0 Å². The lowest BCUT2D eigenvalue weighted by Crippen LogP contribution is -2.11. The maximum absolute atomic E-state index is 12.4. The molecular formula is C25H22N4O. The number of carbonyl (C=O) groups excluding carboxylic acids is 1. The molecule has 0 aliphatic heterocycles. The molecule has 4 rings (SSSR count). The van der Waals surface area contributed by atoms with Crippen molar-refractivity contribution in [2.45, 2.75) is 13.8 Å². The summed E-state index contributed by atoms with van der Waals surface area (Å²) in [6.45, 7) is 4.06. The van der Waals surface area contributed by atoms with Crippen LogP contribution in [0, 0.1) is 13.8 Å². The zero-order chi connectivity index (χ0) is 20.9. The number of aromatic nitrogens is 2. The lowest BCUT2D eigenvalue weighted by Gasteiger charge is -2.09. The zero-order valence-corrected chi connectivity index (χ0v) is 16.9. The van der Waals surface area contributed by atoms with Crippen LogP contribution in [0.2, 0.25) is 0 Å². The molecule has 3 aromatic carbocycles. The standard InChI is InChI=1S/C25H22N4O/c1-17-3-7-19(8-4-17)24-26-16-15-23(29-24)27-21-13-9-20(10-14-21)25(30)28-22-11-5-18(2)6-12-22/h3-16H,1-2H3,(H,28,30)(H,26,27,29). The molecule has 0 aliphatic rings. The van der Waals surface area contributed by atoms with Crippen molar-refractivity contribution in [3.8, 4) is 11.4 Å². The average molecular weight is 394 g/mol. The summed E-state index contributed by atoms with van der Waals surface area (Å²) in [6.07, 6.45) is 1.73. The fraction of sp³-hybridized carbons (Fsp3) is 0.0800. The van der Waals surface area contributed by atoms with E-state index in [1.54, 1.807) is 18.3 Å². The Morgan fingerprint density at radius 3 is 2.00 bits per heavy atom. The third-order valence-corrected chi connectivity index (χ3v) is 4.69. The number of benzene rings is 3. The lowest BCUT2D eigenvalue weighted by molar-refractivity contribution is 0.102. The molecule has 0 atom stereocenters. The molecule has 0 saturated heterocycles. The van der Waals surface area contributed by atoms with Crippen molar-refractivity contribution in [1.82, 2.24) is 9.97 Å². The molecule has 2 N–H and O–H groups in total. The number of amides is 1. The largest absolute Gasteiger partial charge is 0.340 e. The number of hydrogen-bond donors (Lipinski definition) is 2. The molecular weight excluding hydrogens is 372 g/mol. The third kappa shape index (κ3) is 4.70. The Balaban J connectivity index is 1.44. The van der Waals surface area contributed by atoms with Gasteiger partial charge in [-0.25, -0.2) is 9.97 Å². The Bertz CT molecular complexity index is 1150. The van der Waals surface area contributed by atoms with E-state index in [2.05, 4.69) is 20.6 Å². The van der Waals surface area contributed by atoms with Gasteiger partial charge in [-0.15, -0.1) is 0 Å². The average Bonchev–Trinajstić information content (AvgIpc) is 2.76. The van der Waals surface area contributed by atoms with Crippen molar-refractivity contribution in [2.24, 2.45) is 0 Å². The highest BCUT2D eigenvalue weighted by molar-refractivity contribution is 6.04. The second-order valence-corrected chi connectivity index (χ2v) is 7.15. The van der Waals surface area contributed by atoms with Crippen LogP contribution in [0.25, 0.3) is 11.4 Å². The van der Waals surface area contributed by atoms with Crippen molar-refractivity contribution in [2.75, 3.05) is 10.6 Å². The van der Waals surface area contributed by atoms with Gasteiger partial charge in [0.25, 0.3) is 5.91 Å². The van der Waals surface area contributed by atoms with E-state index in [1.165, 1.54) is 5.56 Å². The quantitative estimate of drug-likeness (QED) is 0.452. The van der Waals surface area contributed by atoms with Crippen LogP contribution in [-0.2, 0) is 0 Å². The van der Waals surface area contributed by atoms with Gasteiger partial charge in [0.15, 0.2) is 5.82 Å². The summed E-state index contributed by atoms with van der Waals surface area (Å²) in [5, 5.41) is 6.17. The molecule has 0 radical (unpaired) electrons. The number of hydrogen-bond acceptors (Lipinski definition) is 4. The van der Waals surface area contributed by atoms with Gasteiger partial charge in [0.05, 0.1) is 0 Å². The van der Waals surface area contributed by atoms with Gasteiger partial charge in [0.2, 0.25) is 0 Å². The number of nitrogens with zero attached hydrogens (tertiary/aromatic N) is 2. The first kappa shape index (κ1) is 19.3. The van der Waals surface area contributed by atoms with Gasteiger partial charge >= 0.3 is 0 Å².